The van der Waals surface area contributed by atoms with Crippen LogP contribution >= 0.6 is 0 Å². The molecule has 0 aliphatic heterocycles. The minimum absolute atomic E-state index is 0.257. The van der Waals surface area contributed by atoms with Gasteiger partial charge in [-0.25, -0.2) is 0 Å². The van der Waals surface area contributed by atoms with Gasteiger partial charge in [-0.2, -0.15) is 0 Å². The molecule has 0 unspecified atom stereocenters. The lowest BCUT2D eigenvalue weighted by Gasteiger charge is -2.09. The summed E-state index contributed by atoms with van der Waals surface area (Å²) in [6.45, 7) is 8.52. The predicted molar refractivity (Wildman–Crippen MR) is 119 cm³/mol. The van der Waals surface area contributed by atoms with Crippen molar-refractivity contribution in [2.45, 2.75) is 40.5 Å². The zero-order chi connectivity index (χ0) is 19.8. The highest BCUT2D eigenvalue weighted by atomic mass is 16.1. The zero-order valence-electron chi connectivity index (χ0n) is 17.1. The summed E-state index contributed by atoms with van der Waals surface area (Å²) in [6, 6.07) is 21.6. The fourth-order valence-electron chi connectivity index (χ4n) is 4.33. The largest absolute Gasteiger partial charge is 0.299 e. The summed E-state index contributed by atoms with van der Waals surface area (Å²) in [6.07, 6.45) is 0.960. The van der Waals surface area contributed by atoms with E-state index in [1.165, 1.54) is 43.8 Å². The lowest BCUT2D eigenvalue weighted by molar-refractivity contribution is -0.117. The van der Waals surface area contributed by atoms with Crippen molar-refractivity contribution in [3.63, 3.8) is 0 Å². The van der Waals surface area contributed by atoms with Gasteiger partial charge < -0.3 is 0 Å². The van der Waals surface area contributed by atoms with Gasteiger partial charge in [0.1, 0.15) is 5.78 Å². The van der Waals surface area contributed by atoms with Crippen molar-refractivity contribution in [3.8, 4) is 0 Å². The SMILES string of the molecule is Cc1cc(C)c2ccc(CC(=O)Cc3ccc4c(C)cc(C)cc4c3)cc2c1. The van der Waals surface area contributed by atoms with E-state index >= 15 is 0 Å². The Kier molecular flexibility index (Phi) is 4.77. The first kappa shape index (κ1) is 18.4. The molecule has 0 heterocycles. The van der Waals surface area contributed by atoms with Crippen molar-refractivity contribution in [3.05, 3.63) is 94.0 Å². The number of ketones is 1. The van der Waals surface area contributed by atoms with Gasteiger partial charge in [-0.05, 0) is 71.5 Å². The second kappa shape index (κ2) is 7.24. The fraction of sp³-hybridized carbons (Fsp3) is 0.222. The number of aryl methyl sites for hydroxylation is 4. The maximum Gasteiger partial charge on any atom is 0.141 e. The number of hydrogen-bond acceptors (Lipinski definition) is 1. The normalized spacial score (nSPS) is 11.3. The van der Waals surface area contributed by atoms with Gasteiger partial charge in [0.25, 0.3) is 0 Å². The lowest BCUT2D eigenvalue weighted by Crippen LogP contribution is -2.06. The number of rotatable bonds is 4. The van der Waals surface area contributed by atoms with E-state index in [1.54, 1.807) is 0 Å². The molecule has 0 aliphatic carbocycles. The van der Waals surface area contributed by atoms with E-state index in [0.717, 1.165) is 11.1 Å². The van der Waals surface area contributed by atoms with Gasteiger partial charge in [0.15, 0.2) is 0 Å². The van der Waals surface area contributed by atoms with Crippen molar-refractivity contribution in [2.75, 3.05) is 0 Å². The van der Waals surface area contributed by atoms with Gasteiger partial charge in [0, 0.05) is 12.8 Å². The molecule has 0 saturated heterocycles. The maximum atomic E-state index is 12.7. The number of benzene rings is 4. The van der Waals surface area contributed by atoms with Gasteiger partial charge in [-0.15, -0.1) is 0 Å². The van der Waals surface area contributed by atoms with E-state index in [2.05, 4.69) is 88.4 Å². The van der Waals surface area contributed by atoms with Crippen LogP contribution in [0.1, 0.15) is 33.4 Å². The molecule has 0 atom stereocenters. The molecular weight excluding hydrogens is 340 g/mol. The standard InChI is InChI=1S/C27H26O/c1-17-9-19(3)26-7-5-21(13-23(26)11-17)15-25(28)16-22-6-8-27-20(4)10-18(2)12-24(27)14-22/h5-14H,15-16H2,1-4H3. The number of carbonyl (C=O) groups excluding carboxylic acids is 1. The number of carbonyl (C=O) groups is 1. The minimum atomic E-state index is 0.257. The van der Waals surface area contributed by atoms with Crippen molar-refractivity contribution in [2.24, 2.45) is 0 Å². The highest BCUT2D eigenvalue weighted by molar-refractivity contribution is 5.91. The smallest absolute Gasteiger partial charge is 0.141 e. The van der Waals surface area contributed by atoms with E-state index in [0.29, 0.717) is 12.8 Å². The first-order valence-corrected chi connectivity index (χ1v) is 9.90. The molecule has 28 heavy (non-hydrogen) atoms. The number of hydrogen-bond donors (Lipinski definition) is 0. The van der Waals surface area contributed by atoms with Crippen LogP contribution in [-0.2, 0) is 17.6 Å². The molecular formula is C27H26O. The number of fused-ring (bicyclic) bond motifs is 2. The summed E-state index contributed by atoms with van der Waals surface area (Å²) in [5.74, 6) is 0.257. The molecule has 4 aromatic rings. The lowest BCUT2D eigenvalue weighted by atomic mass is 9.95. The second-order valence-corrected chi connectivity index (χ2v) is 8.17. The summed E-state index contributed by atoms with van der Waals surface area (Å²) >= 11 is 0. The van der Waals surface area contributed by atoms with Crippen LogP contribution in [0.25, 0.3) is 21.5 Å². The van der Waals surface area contributed by atoms with Crippen LogP contribution in [0.5, 0.6) is 0 Å². The molecule has 1 heteroatoms. The van der Waals surface area contributed by atoms with E-state index in [1.807, 2.05) is 0 Å². The average Bonchev–Trinajstić information content (AvgIpc) is 2.60. The molecule has 0 bridgehead atoms. The first-order valence-electron chi connectivity index (χ1n) is 9.90. The Morgan fingerprint density at radius 2 is 1.04 bits per heavy atom. The van der Waals surface area contributed by atoms with Crippen LogP contribution in [0.2, 0.25) is 0 Å². The Labute approximate surface area is 167 Å². The third-order valence-electron chi connectivity index (χ3n) is 5.54. The highest BCUT2D eigenvalue weighted by Gasteiger charge is 2.09. The summed E-state index contributed by atoms with van der Waals surface area (Å²) in [5, 5.41) is 4.98. The van der Waals surface area contributed by atoms with Gasteiger partial charge in [-0.3, -0.25) is 4.79 Å². The van der Waals surface area contributed by atoms with E-state index in [-0.39, 0.29) is 5.78 Å². The van der Waals surface area contributed by atoms with Crippen molar-refractivity contribution >= 4 is 27.3 Å². The van der Waals surface area contributed by atoms with E-state index in [4.69, 9.17) is 0 Å². The maximum absolute atomic E-state index is 12.7. The van der Waals surface area contributed by atoms with Crippen LogP contribution < -0.4 is 0 Å². The summed E-state index contributed by atoms with van der Waals surface area (Å²) in [4.78, 5) is 12.7. The second-order valence-electron chi connectivity index (χ2n) is 8.17. The fourth-order valence-corrected chi connectivity index (χ4v) is 4.33. The molecule has 0 radical (unpaired) electrons. The summed E-state index contributed by atoms with van der Waals surface area (Å²) in [5.41, 5.74) is 7.28. The monoisotopic (exact) mass is 366 g/mol. The molecule has 0 aliphatic rings. The van der Waals surface area contributed by atoms with Gasteiger partial charge in [-0.1, -0.05) is 71.8 Å². The van der Waals surface area contributed by atoms with Crippen LogP contribution in [0, 0.1) is 27.7 Å². The molecule has 0 saturated carbocycles. The van der Waals surface area contributed by atoms with E-state index in [9.17, 15) is 4.79 Å². The Balaban J connectivity index is 1.56. The van der Waals surface area contributed by atoms with Gasteiger partial charge >= 0.3 is 0 Å². The molecule has 1 nitrogen and oxygen atoms in total. The Hall–Kier alpha value is -2.93. The minimum Gasteiger partial charge on any atom is -0.299 e. The molecule has 0 fully saturated rings. The van der Waals surface area contributed by atoms with Crippen molar-refractivity contribution in [1.82, 2.24) is 0 Å². The van der Waals surface area contributed by atoms with E-state index < -0.39 is 0 Å². The molecule has 4 rings (SSSR count). The molecule has 0 aromatic heterocycles. The first-order chi connectivity index (χ1) is 13.4. The predicted octanol–water partition coefficient (Wildman–Crippen LogP) is 6.58. The Bertz CT molecular complexity index is 1120. The zero-order valence-corrected chi connectivity index (χ0v) is 17.1. The van der Waals surface area contributed by atoms with Crippen molar-refractivity contribution in [1.29, 1.82) is 0 Å². The van der Waals surface area contributed by atoms with Crippen molar-refractivity contribution < 1.29 is 4.79 Å². The third kappa shape index (κ3) is 3.71. The van der Waals surface area contributed by atoms with Crippen LogP contribution in [0.3, 0.4) is 0 Å². The van der Waals surface area contributed by atoms with Gasteiger partial charge in [0.2, 0.25) is 0 Å². The molecule has 4 aromatic carbocycles. The summed E-state index contributed by atoms with van der Waals surface area (Å²) < 4.78 is 0. The topological polar surface area (TPSA) is 17.1 Å². The Morgan fingerprint density at radius 1 is 0.607 bits per heavy atom. The third-order valence-corrected chi connectivity index (χ3v) is 5.54. The van der Waals surface area contributed by atoms with Crippen LogP contribution in [0.15, 0.2) is 60.7 Å². The quantitative estimate of drug-likeness (QED) is 0.398. The van der Waals surface area contributed by atoms with Gasteiger partial charge in [0.05, 0.1) is 0 Å². The highest BCUT2D eigenvalue weighted by Crippen LogP contribution is 2.24. The Morgan fingerprint density at radius 3 is 1.46 bits per heavy atom. The van der Waals surface area contributed by atoms with Crippen LogP contribution in [0.4, 0.5) is 0 Å². The molecule has 0 amide bonds. The summed E-state index contributed by atoms with van der Waals surface area (Å²) in [7, 11) is 0. The number of Topliss-reactive ketones (excluding diaryl/α,β-unsaturated/α-hetero) is 1. The average molecular weight is 367 g/mol. The molecule has 140 valence electrons. The van der Waals surface area contributed by atoms with Crippen LogP contribution in [-0.4, -0.2) is 5.78 Å². The molecule has 0 N–H and O–H groups in total. The molecule has 0 spiro atoms.